The second kappa shape index (κ2) is 9.31. The molecule has 1 fully saturated rings. The SMILES string of the molecule is COc1cc(CNC(=O)CN2C(=O)NC(C)(c3cc(F)ccc3F)C2=O)cc(OC)c1OC. The van der Waals surface area contributed by atoms with Crippen LogP contribution in [0.3, 0.4) is 0 Å². The number of rotatable bonds is 8. The summed E-state index contributed by atoms with van der Waals surface area (Å²) in [7, 11) is 4.37. The van der Waals surface area contributed by atoms with Crippen LogP contribution in [0.25, 0.3) is 0 Å². The molecule has 0 aliphatic carbocycles. The van der Waals surface area contributed by atoms with Crippen LogP contribution in [-0.4, -0.2) is 50.6 Å². The van der Waals surface area contributed by atoms with Crippen LogP contribution in [0, 0.1) is 11.6 Å². The Balaban J connectivity index is 1.72. The molecule has 9 nitrogen and oxygen atoms in total. The van der Waals surface area contributed by atoms with Crippen LogP contribution in [0.2, 0.25) is 0 Å². The number of methoxy groups -OCH3 is 3. The van der Waals surface area contributed by atoms with E-state index in [0.29, 0.717) is 27.7 Å². The smallest absolute Gasteiger partial charge is 0.325 e. The van der Waals surface area contributed by atoms with E-state index in [9.17, 15) is 23.2 Å². The van der Waals surface area contributed by atoms with Crippen LogP contribution in [0.5, 0.6) is 17.2 Å². The summed E-state index contributed by atoms with van der Waals surface area (Å²) in [6.07, 6.45) is 0. The number of halogens is 2. The van der Waals surface area contributed by atoms with Crippen LogP contribution in [0.15, 0.2) is 30.3 Å². The summed E-state index contributed by atoms with van der Waals surface area (Å²) < 4.78 is 43.6. The molecule has 0 bridgehead atoms. The first-order chi connectivity index (χ1) is 15.6. The quantitative estimate of drug-likeness (QED) is 0.581. The highest BCUT2D eigenvalue weighted by Crippen LogP contribution is 2.38. The van der Waals surface area contributed by atoms with Gasteiger partial charge in [-0.1, -0.05) is 0 Å². The largest absolute Gasteiger partial charge is 0.493 e. The summed E-state index contributed by atoms with van der Waals surface area (Å²) in [5, 5.41) is 4.94. The summed E-state index contributed by atoms with van der Waals surface area (Å²) in [6, 6.07) is 4.98. The number of nitrogens with zero attached hydrogens (tertiary/aromatic N) is 1. The zero-order valence-corrected chi connectivity index (χ0v) is 18.5. The van der Waals surface area contributed by atoms with Crippen molar-refractivity contribution in [1.82, 2.24) is 15.5 Å². The topological polar surface area (TPSA) is 106 Å². The third-order valence-corrected chi connectivity index (χ3v) is 5.26. The van der Waals surface area contributed by atoms with E-state index < -0.39 is 41.6 Å². The average molecular weight is 463 g/mol. The molecule has 2 aromatic carbocycles. The molecule has 1 atom stereocenters. The molecular formula is C22H23F2N3O6. The van der Waals surface area contributed by atoms with Crippen molar-refractivity contribution < 1.29 is 37.4 Å². The lowest BCUT2D eigenvalue weighted by Crippen LogP contribution is -2.43. The molecule has 2 aromatic rings. The van der Waals surface area contributed by atoms with Gasteiger partial charge in [0.1, 0.15) is 23.7 Å². The Morgan fingerprint density at radius 3 is 2.27 bits per heavy atom. The number of nitrogens with one attached hydrogen (secondary N) is 2. The summed E-state index contributed by atoms with van der Waals surface area (Å²) in [5.74, 6) is -1.97. The number of imide groups is 1. The first kappa shape index (κ1) is 23.8. The monoisotopic (exact) mass is 463 g/mol. The second-order valence-electron chi connectivity index (χ2n) is 7.38. The molecule has 1 aliphatic heterocycles. The van der Waals surface area contributed by atoms with Crippen molar-refractivity contribution in [2.45, 2.75) is 19.0 Å². The molecule has 1 saturated heterocycles. The fourth-order valence-corrected chi connectivity index (χ4v) is 3.54. The minimum absolute atomic E-state index is 0.0367. The summed E-state index contributed by atoms with van der Waals surface area (Å²) in [6.45, 7) is 0.676. The van der Waals surface area contributed by atoms with E-state index in [1.807, 2.05) is 0 Å². The van der Waals surface area contributed by atoms with Gasteiger partial charge in [0, 0.05) is 12.1 Å². The lowest BCUT2D eigenvalue weighted by atomic mass is 9.91. The molecule has 3 rings (SSSR count). The molecule has 1 heterocycles. The van der Waals surface area contributed by atoms with Crippen molar-refractivity contribution in [3.63, 3.8) is 0 Å². The van der Waals surface area contributed by atoms with Crippen molar-refractivity contribution in [2.24, 2.45) is 0 Å². The molecule has 1 aliphatic rings. The number of hydrogen-bond acceptors (Lipinski definition) is 6. The van der Waals surface area contributed by atoms with Gasteiger partial charge >= 0.3 is 6.03 Å². The van der Waals surface area contributed by atoms with Gasteiger partial charge in [-0.15, -0.1) is 0 Å². The Morgan fingerprint density at radius 2 is 1.70 bits per heavy atom. The van der Waals surface area contributed by atoms with Gasteiger partial charge in [-0.3, -0.25) is 14.5 Å². The van der Waals surface area contributed by atoms with E-state index in [0.717, 1.165) is 18.2 Å². The second-order valence-corrected chi connectivity index (χ2v) is 7.38. The molecule has 33 heavy (non-hydrogen) atoms. The van der Waals surface area contributed by atoms with Crippen molar-refractivity contribution in [3.05, 3.63) is 53.1 Å². The van der Waals surface area contributed by atoms with E-state index >= 15 is 0 Å². The maximum absolute atomic E-state index is 14.2. The van der Waals surface area contributed by atoms with E-state index in [-0.39, 0.29) is 12.1 Å². The van der Waals surface area contributed by atoms with Crippen LogP contribution in [0.4, 0.5) is 13.6 Å². The Kier molecular flexibility index (Phi) is 6.70. The van der Waals surface area contributed by atoms with Crippen LogP contribution < -0.4 is 24.8 Å². The van der Waals surface area contributed by atoms with Gasteiger partial charge in [-0.2, -0.15) is 0 Å². The summed E-state index contributed by atoms with van der Waals surface area (Å²) in [5.41, 5.74) is -1.57. The van der Waals surface area contributed by atoms with Crippen molar-refractivity contribution in [1.29, 1.82) is 0 Å². The fourth-order valence-electron chi connectivity index (χ4n) is 3.54. The van der Waals surface area contributed by atoms with Gasteiger partial charge in [0.15, 0.2) is 11.5 Å². The number of carbonyl (C=O) groups excluding carboxylic acids is 3. The normalized spacial score (nSPS) is 17.6. The lowest BCUT2D eigenvalue weighted by molar-refractivity contribution is -0.134. The van der Waals surface area contributed by atoms with Gasteiger partial charge in [0.25, 0.3) is 5.91 Å². The van der Waals surface area contributed by atoms with Crippen LogP contribution in [0.1, 0.15) is 18.1 Å². The molecule has 11 heteroatoms. The number of urea groups is 1. The van der Waals surface area contributed by atoms with Crippen molar-refractivity contribution >= 4 is 17.8 Å². The molecule has 1 unspecified atom stereocenters. The third-order valence-electron chi connectivity index (χ3n) is 5.26. The highest BCUT2D eigenvalue weighted by Gasteiger charge is 2.50. The minimum atomic E-state index is -1.85. The molecule has 2 N–H and O–H groups in total. The van der Waals surface area contributed by atoms with Gasteiger partial charge in [0.2, 0.25) is 11.7 Å². The maximum atomic E-state index is 14.2. The minimum Gasteiger partial charge on any atom is -0.493 e. The van der Waals surface area contributed by atoms with E-state index in [1.54, 1.807) is 12.1 Å². The highest BCUT2D eigenvalue weighted by atomic mass is 19.1. The Bertz CT molecular complexity index is 1080. The van der Waals surface area contributed by atoms with Gasteiger partial charge < -0.3 is 24.8 Å². The Morgan fingerprint density at radius 1 is 1.06 bits per heavy atom. The molecule has 4 amide bonds. The maximum Gasteiger partial charge on any atom is 0.325 e. The van der Waals surface area contributed by atoms with Crippen LogP contribution in [-0.2, 0) is 21.7 Å². The van der Waals surface area contributed by atoms with Gasteiger partial charge in [-0.25, -0.2) is 13.6 Å². The number of carbonyl (C=O) groups is 3. The standard InChI is InChI=1S/C22H23F2N3O6/c1-22(14-9-13(23)5-6-15(14)24)20(29)27(21(30)26-22)11-18(28)25-10-12-7-16(31-2)19(33-4)17(8-12)32-3/h5-9H,10-11H2,1-4H3,(H,25,28)(H,26,30). The zero-order chi connectivity index (χ0) is 24.3. The predicted octanol–water partition coefficient (Wildman–Crippen LogP) is 2.07. The predicted molar refractivity (Wildman–Crippen MR) is 112 cm³/mol. The third kappa shape index (κ3) is 4.52. The molecular weight excluding hydrogens is 440 g/mol. The van der Waals surface area contributed by atoms with Crippen LogP contribution >= 0.6 is 0 Å². The summed E-state index contributed by atoms with van der Waals surface area (Å²) >= 11 is 0. The zero-order valence-electron chi connectivity index (χ0n) is 18.5. The molecule has 176 valence electrons. The van der Waals surface area contributed by atoms with Gasteiger partial charge in [-0.05, 0) is 42.8 Å². The Hall–Kier alpha value is -3.89. The van der Waals surface area contributed by atoms with Crippen molar-refractivity contribution in [3.8, 4) is 17.2 Å². The molecule has 0 aromatic heterocycles. The molecule has 0 radical (unpaired) electrons. The number of ether oxygens (including phenoxy) is 3. The number of benzene rings is 2. The van der Waals surface area contributed by atoms with Gasteiger partial charge in [0.05, 0.1) is 21.3 Å². The lowest BCUT2D eigenvalue weighted by Gasteiger charge is -2.22. The summed E-state index contributed by atoms with van der Waals surface area (Å²) in [4.78, 5) is 38.3. The average Bonchev–Trinajstić information content (AvgIpc) is 3.01. The van der Waals surface area contributed by atoms with E-state index in [4.69, 9.17) is 14.2 Å². The van der Waals surface area contributed by atoms with E-state index in [2.05, 4.69) is 10.6 Å². The first-order valence-electron chi connectivity index (χ1n) is 9.79. The fraction of sp³-hybridized carbons (Fsp3) is 0.318. The van der Waals surface area contributed by atoms with Crippen molar-refractivity contribution in [2.75, 3.05) is 27.9 Å². The van der Waals surface area contributed by atoms with E-state index in [1.165, 1.54) is 28.3 Å². The molecule has 0 spiro atoms. The number of amides is 4. The Labute approximate surface area is 188 Å². The number of hydrogen-bond donors (Lipinski definition) is 2. The first-order valence-corrected chi connectivity index (χ1v) is 9.79. The molecule has 0 saturated carbocycles. The highest BCUT2D eigenvalue weighted by molar-refractivity contribution is 6.09.